The highest BCUT2D eigenvalue weighted by atomic mass is 32.2. The maximum atomic E-state index is 12.6. The summed E-state index contributed by atoms with van der Waals surface area (Å²) in [6.45, 7) is 1.48. The molecular formula is C16H20N2O5S. The molecule has 1 amide bonds. The molecule has 2 N–H and O–H groups in total. The second-order valence-corrected chi connectivity index (χ2v) is 8.09. The van der Waals surface area contributed by atoms with Gasteiger partial charge in [-0.15, -0.1) is 0 Å². The molecule has 0 spiro atoms. The van der Waals surface area contributed by atoms with Crippen molar-refractivity contribution in [1.82, 2.24) is 9.62 Å². The van der Waals surface area contributed by atoms with E-state index in [1.54, 1.807) is 0 Å². The number of amides is 1. The van der Waals surface area contributed by atoms with Gasteiger partial charge >= 0.3 is 5.97 Å². The molecule has 1 aromatic carbocycles. The van der Waals surface area contributed by atoms with Gasteiger partial charge in [-0.05, 0) is 56.9 Å². The van der Waals surface area contributed by atoms with E-state index in [0.29, 0.717) is 5.56 Å². The average Bonchev–Trinajstić information content (AvgIpc) is 3.42. The molecule has 0 bridgehead atoms. The minimum absolute atomic E-state index is 0.0121. The molecule has 0 saturated heterocycles. The molecule has 2 saturated carbocycles. The van der Waals surface area contributed by atoms with Crippen molar-refractivity contribution in [2.75, 3.05) is 0 Å². The van der Waals surface area contributed by atoms with E-state index in [1.807, 2.05) is 0 Å². The zero-order chi connectivity index (χ0) is 17.5. The van der Waals surface area contributed by atoms with E-state index in [1.165, 1.54) is 36.1 Å². The van der Waals surface area contributed by atoms with Crippen LogP contribution in [-0.2, 0) is 14.8 Å². The molecule has 1 aromatic rings. The molecule has 7 nitrogen and oxygen atoms in total. The van der Waals surface area contributed by atoms with Crippen molar-refractivity contribution in [1.29, 1.82) is 0 Å². The van der Waals surface area contributed by atoms with Gasteiger partial charge in [-0.25, -0.2) is 17.9 Å². The Morgan fingerprint density at radius 3 is 2.21 bits per heavy atom. The van der Waals surface area contributed by atoms with Crippen LogP contribution in [0.2, 0.25) is 0 Å². The smallest absolute Gasteiger partial charge is 0.326 e. The highest BCUT2D eigenvalue weighted by Gasteiger charge is 2.38. The lowest BCUT2D eigenvalue weighted by Crippen LogP contribution is -2.44. The Hall–Kier alpha value is -1.93. The zero-order valence-corrected chi connectivity index (χ0v) is 14.1. The van der Waals surface area contributed by atoms with Crippen LogP contribution in [0.4, 0.5) is 0 Å². The molecule has 0 heterocycles. The summed E-state index contributed by atoms with van der Waals surface area (Å²) in [5.74, 6) is -1.44. The highest BCUT2D eigenvalue weighted by molar-refractivity contribution is 7.89. The number of carboxylic acids is 1. The predicted octanol–water partition coefficient (Wildman–Crippen LogP) is 1.21. The van der Waals surface area contributed by atoms with E-state index in [-0.39, 0.29) is 22.9 Å². The molecular weight excluding hydrogens is 332 g/mol. The minimum Gasteiger partial charge on any atom is -0.480 e. The van der Waals surface area contributed by atoms with E-state index in [2.05, 4.69) is 4.72 Å². The standard InChI is InChI=1S/C16H20N2O5S/c1-10(16(20)21)18(13-6-7-13)15(19)11-2-8-14(9-3-11)24(22,23)17-12-4-5-12/h2-3,8-10,12-13,17H,4-7H2,1H3,(H,20,21). The predicted molar refractivity (Wildman–Crippen MR) is 86.1 cm³/mol. The molecule has 24 heavy (non-hydrogen) atoms. The number of hydrogen-bond acceptors (Lipinski definition) is 4. The van der Waals surface area contributed by atoms with E-state index in [0.717, 1.165) is 25.7 Å². The third kappa shape index (κ3) is 3.59. The number of benzene rings is 1. The summed E-state index contributed by atoms with van der Waals surface area (Å²) in [5.41, 5.74) is 0.292. The van der Waals surface area contributed by atoms with Crippen LogP contribution in [0.15, 0.2) is 29.2 Å². The van der Waals surface area contributed by atoms with Gasteiger partial charge < -0.3 is 10.0 Å². The van der Waals surface area contributed by atoms with E-state index in [9.17, 15) is 23.1 Å². The number of carbonyl (C=O) groups is 2. The molecule has 1 unspecified atom stereocenters. The zero-order valence-electron chi connectivity index (χ0n) is 13.3. The van der Waals surface area contributed by atoms with Gasteiger partial charge in [-0.3, -0.25) is 4.79 Å². The summed E-state index contributed by atoms with van der Waals surface area (Å²) >= 11 is 0. The summed E-state index contributed by atoms with van der Waals surface area (Å²) in [4.78, 5) is 25.3. The van der Waals surface area contributed by atoms with Crippen molar-refractivity contribution in [3.8, 4) is 0 Å². The molecule has 8 heteroatoms. The first-order valence-electron chi connectivity index (χ1n) is 7.97. The summed E-state index contributed by atoms with van der Waals surface area (Å²) < 4.78 is 26.8. The second kappa shape index (κ2) is 6.18. The van der Waals surface area contributed by atoms with Crippen LogP contribution in [0.5, 0.6) is 0 Å². The van der Waals surface area contributed by atoms with E-state index >= 15 is 0 Å². The van der Waals surface area contributed by atoms with Gasteiger partial charge in [0.05, 0.1) is 4.90 Å². The Morgan fingerprint density at radius 2 is 1.75 bits per heavy atom. The first kappa shape index (κ1) is 16.9. The Labute approximate surface area is 140 Å². The first-order valence-corrected chi connectivity index (χ1v) is 9.46. The minimum atomic E-state index is -3.56. The summed E-state index contributed by atoms with van der Waals surface area (Å²) in [6.07, 6.45) is 3.28. The van der Waals surface area contributed by atoms with E-state index < -0.39 is 22.0 Å². The normalized spacial score (nSPS) is 18.9. The van der Waals surface area contributed by atoms with E-state index in [4.69, 9.17) is 0 Å². The number of carbonyl (C=O) groups excluding carboxylic acids is 1. The topological polar surface area (TPSA) is 104 Å². The lowest BCUT2D eigenvalue weighted by Gasteiger charge is -2.26. The quantitative estimate of drug-likeness (QED) is 0.767. The molecule has 2 fully saturated rings. The molecule has 130 valence electrons. The molecule has 2 aliphatic rings. The van der Waals surface area contributed by atoms with Crippen molar-refractivity contribution in [2.24, 2.45) is 0 Å². The fraction of sp³-hybridized carbons (Fsp3) is 0.500. The molecule has 0 aliphatic heterocycles. The van der Waals surface area contributed by atoms with Crippen molar-refractivity contribution >= 4 is 21.9 Å². The lowest BCUT2D eigenvalue weighted by atomic mass is 10.1. The Balaban J connectivity index is 1.78. The second-order valence-electron chi connectivity index (χ2n) is 6.38. The number of nitrogens with one attached hydrogen (secondary N) is 1. The van der Waals surface area contributed by atoms with Crippen LogP contribution in [0, 0.1) is 0 Å². The van der Waals surface area contributed by atoms with Gasteiger partial charge in [0.25, 0.3) is 5.91 Å². The molecule has 2 aliphatic carbocycles. The van der Waals surface area contributed by atoms with Crippen molar-refractivity contribution < 1.29 is 23.1 Å². The molecule has 0 aromatic heterocycles. The molecule has 3 rings (SSSR count). The number of rotatable bonds is 7. The number of sulfonamides is 1. The van der Waals surface area contributed by atoms with Crippen LogP contribution in [0.25, 0.3) is 0 Å². The third-order valence-corrected chi connectivity index (χ3v) is 5.80. The maximum Gasteiger partial charge on any atom is 0.326 e. The number of aliphatic carboxylic acids is 1. The lowest BCUT2D eigenvalue weighted by molar-refractivity contribution is -0.141. The van der Waals surface area contributed by atoms with Crippen LogP contribution < -0.4 is 4.72 Å². The largest absolute Gasteiger partial charge is 0.480 e. The molecule has 0 radical (unpaired) electrons. The van der Waals surface area contributed by atoms with Crippen molar-refractivity contribution in [3.63, 3.8) is 0 Å². The number of hydrogen-bond donors (Lipinski definition) is 2. The van der Waals surface area contributed by atoms with Crippen molar-refractivity contribution in [2.45, 2.75) is 55.6 Å². The van der Waals surface area contributed by atoms with Crippen molar-refractivity contribution in [3.05, 3.63) is 29.8 Å². The van der Waals surface area contributed by atoms with Crippen LogP contribution in [-0.4, -0.2) is 48.4 Å². The summed E-state index contributed by atoms with van der Waals surface area (Å²) in [7, 11) is -3.56. The Morgan fingerprint density at radius 1 is 1.17 bits per heavy atom. The molecule has 1 atom stereocenters. The van der Waals surface area contributed by atoms with Gasteiger partial charge in [0.15, 0.2) is 0 Å². The fourth-order valence-electron chi connectivity index (χ4n) is 2.54. The van der Waals surface area contributed by atoms with Gasteiger partial charge in [-0.2, -0.15) is 0 Å². The average molecular weight is 352 g/mol. The summed E-state index contributed by atoms with van der Waals surface area (Å²) in [5, 5.41) is 9.18. The monoisotopic (exact) mass is 352 g/mol. The van der Waals surface area contributed by atoms with Crippen LogP contribution in [0.1, 0.15) is 43.0 Å². The number of nitrogens with zero attached hydrogens (tertiary/aromatic N) is 1. The third-order valence-electron chi connectivity index (χ3n) is 4.26. The van der Waals surface area contributed by atoms with Gasteiger partial charge in [0.2, 0.25) is 10.0 Å². The Bertz CT molecular complexity index is 751. The van der Waals surface area contributed by atoms with Gasteiger partial charge in [0, 0.05) is 17.6 Å². The first-order chi connectivity index (χ1) is 11.3. The number of carboxylic acid groups (broad SMARTS) is 1. The summed E-state index contributed by atoms with van der Waals surface area (Å²) in [6, 6.07) is 4.69. The van der Waals surface area contributed by atoms with Gasteiger partial charge in [-0.1, -0.05) is 0 Å². The van der Waals surface area contributed by atoms with Crippen LogP contribution >= 0.6 is 0 Å². The fourth-order valence-corrected chi connectivity index (χ4v) is 3.85. The highest BCUT2D eigenvalue weighted by Crippen LogP contribution is 2.30. The SMILES string of the molecule is CC(C(=O)O)N(C(=O)c1ccc(S(=O)(=O)NC2CC2)cc1)C1CC1. The maximum absolute atomic E-state index is 12.6. The van der Waals surface area contributed by atoms with Gasteiger partial charge in [0.1, 0.15) is 6.04 Å². The Kier molecular flexibility index (Phi) is 4.35. The van der Waals surface area contributed by atoms with Crippen LogP contribution in [0.3, 0.4) is 0 Å².